The number of piperazine rings is 1. The highest BCUT2D eigenvalue weighted by Crippen LogP contribution is 2.33. The Kier molecular flexibility index (Phi) is 5.76. The molecule has 0 aliphatic carbocycles. The summed E-state index contributed by atoms with van der Waals surface area (Å²) in [6.45, 7) is 4.35. The van der Waals surface area contributed by atoms with E-state index in [2.05, 4.69) is 9.88 Å². The van der Waals surface area contributed by atoms with E-state index in [0.29, 0.717) is 25.4 Å². The molecule has 0 saturated carbocycles. The monoisotopic (exact) mass is 394 g/mol. The molecule has 7 heteroatoms. The zero-order valence-corrected chi connectivity index (χ0v) is 16.7. The Morgan fingerprint density at radius 3 is 2.55 bits per heavy atom. The maximum Gasteiger partial charge on any atom is 0.228 e. The zero-order valence-electron chi connectivity index (χ0n) is 16.7. The van der Waals surface area contributed by atoms with E-state index >= 15 is 0 Å². The van der Waals surface area contributed by atoms with Crippen molar-refractivity contribution < 1.29 is 14.3 Å². The first-order chi connectivity index (χ1) is 14.2. The van der Waals surface area contributed by atoms with Crippen LogP contribution in [0.4, 0.5) is 5.69 Å². The van der Waals surface area contributed by atoms with Crippen LogP contribution in [0.3, 0.4) is 0 Å². The SMILES string of the molecule is COc1ccccc1N1CC(C(=O)N2CCN(Cc3ccncc3)CC2)CC1=O. The Morgan fingerprint density at radius 1 is 1.10 bits per heavy atom. The van der Waals surface area contributed by atoms with Crippen LogP contribution in [-0.2, 0) is 16.1 Å². The van der Waals surface area contributed by atoms with Gasteiger partial charge in [0, 0.05) is 58.1 Å². The minimum absolute atomic E-state index is 0.0239. The van der Waals surface area contributed by atoms with Crippen LogP contribution >= 0.6 is 0 Å². The normalized spacial score (nSPS) is 20.2. The number of carbonyl (C=O) groups excluding carboxylic acids is 2. The molecule has 2 aliphatic heterocycles. The molecule has 1 aromatic carbocycles. The summed E-state index contributed by atoms with van der Waals surface area (Å²) in [7, 11) is 1.59. The van der Waals surface area contributed by atoms with Crippen molar-refractivity contribution in [3.05, 3.63) is 54.4 Å². The van der Waals surface area contributed by atoms with Crippen LogP contribution in [0, 0.1) is 5.92 Å². The summed E-state index contributed by atoms with van der Waals surface area (Å²) in [5.74, 6) is 0.418. The van der Waals surface area contributed by atoms with Crippen molar-refractivity contribution in [1.82, 2.24) is 14.8 Å². The molecule has 0 N–H and O–H groups in total. The molecule has 2 fully saturated rings. The summed E-state index contributed by atoms with van der Waals surface area (Å²) < 4.78 is 5.38. The predicted octanol–water partition coefficient (Wildman–Crippen LogP) is 1.79. The zero-order chi connectivity index (χ0) is 20.2. The number of anilines is 1. The Bertz CT molecular complexity index is 865. The predicted molar refractivity (Wildman–Crippen MR) is 110 cm³/mol. The Morgan fingerprint density at radius 2 is 1.83 bits per heavy atom. The lowest BCUT2D eigenvalue weighted by Crippen LogP contribution is -2.50. The van der Waals surface area contributed by atoms with E-state index in [1.165, 1.54) is 5.56 Å². The second-order valence-electron chi connectivity index (χ2n) is 7.53. The number of aromatic nitrogens is 1. The third kappa shape index (κ3) is 4.24. The number of para-hydroxylation sites is 2. The molecular formula is C22H26N4O3. The van der Waals surface area contributed by atoms with Gasteiger partial charge in [0.05, 0.1) is 18.7 Å². The molecule has 4 rings (SSSR count). The summed E-state index contributed by atoms with van der Waals surface area (Å²) in [4.78, 5) is 35.6. The van der Waals surface area contributed by atoms with Gasteiger partial charge in [-0.2, -0.15) is 0 Å². The van der Waals surface area contributed by atoms with Gasteiger partial charge >= 0.3 is 0 Å². The lowest BCUT2D eigenvalue weighted by molar-refractivity contribution is -0.137. The van der Waals surface area contributed by atoms with Crippen molar-refractivity contribution in [3.63, 3.8) is 0 Å². The van der Waals surface area contributed by atoms with E-state index < -0.39 is 0 Å². The number of methoxy groups -OCH3 is 1. The van der Waals surface area contributed by atoms with Gasteiger partial charge in [0.1, 0.15) is 5.75 Å². The summed E-state index contributed by atoms with van der Waals surface area (Å²) in [6.07, 6.45) is 3.87. The van der Waals surface area contributed by atoms with Gasteiger partial charge in [0.25, 0.3) is 0 Å². The molecule has 3 heterocycles. The van der Waals surface area contributed by atoms with Gasteiger partial charge in [-0.15, -0.1) is 0 Å². The van der Waals surface area contributed by atoms with Crippen LogP contribution in [0.1, 0.15) is 12.0 Å². The first-order valence-electron chi connectivity index (χ1n) is 9.99. The summed E-state index contributed by atoms with van der Waals surface area (Å²) in [5, 5.41) is 0. The van der Waals surface area contributed by atoms with Gasteiger partial charge in [-0.1, -0.05) is 12.1 Å². The van der Waals surface area contributed by atoms with E-state index in [4.69, 9.17) is 4.74 Å². The fourth-order valence-electron chi connectivity index (χ4n) is 4.09. The number of nitrogens with zero attached hydrogens (tertiary/aromatic N) is 4. The first-order valence-corrected chi connectivity index (χ1v) is 9.99. The van der Waals surface area contributed by atoms with E-state index in [9.17, 15) is 9.59 Å². The number of hydrogen-bond acceptors (Lipinski definition) is 5. The summed E-state index contributed by atoms with van der Waals surface area (Å²) in [6, 6.07) is 11.5. The quantitative estimate of drug-likeness (QED) is 0.774. The number of carbonyl (C=O) groups is 2. The van der Waals surface area contributed by atoms with Crippen LogP contribution < -0.4 is 9.64 Å². The minimum Gasteiger partial charge on any atom is -0.495 e. The molecule has 2 saturated heterocycles. The molecule has 1 atom stereocenters. The first kappa shape index (κ1) is 19.4. The van der Waals surface area contributed by atoms with Crippen LogP contribution in [0.2, 0.25) is 0 Å². The number of rotatable bonds is 5. The molecule has 0 radical (unpaired) electrons. The standard InChI is InChI=1S/C22H26N4O3/c1-29-20-5-3-2-4-19(20)26-16-18(14-21(26)27)22(28)25-12-10-24(11-13-25)15-17-6-8-23-9-7-17/h2-9,18H,10-16H2,1H3. The molecule has 29 heavy (non-hydrogen) atoms. The van der Waals surface area contributed by atoms with Gasteiger partial charge < -0.3 is 14.5 Å². The highest BCUT2D eigenvalue weighted by molar-refractivity contribution is 6.01. The van der Waals surface area contributed by atoms with Crippen LogP contribution in [0.15, 0.2) is 48.8 Å². The summed E-state index contributed by atoms with van der Waals surface area (Å²) in [5.41, 5.74) is 1.96. The van der Waals surface area contributed by atoms with Gasteiger partial charge in [-0.05, 0) is 29.8 Å². The largest absolute Gasteiger partial charge is 0.495 e. The van der Waals surface area contributed by atoms with E-state index in [0.717, 1.165) is 25.3 Å². The van der Waals surface area contributed by atoms with E-state index in [1.807, 2.05) is 41.3 Å². The second kappa shape index (κ2) is 8.61. The highest BCUT2D eigenvalue weighted by Gasteiger charge is 2.38. The van der Waals surface area contributed by atoms with Crippen molar-refractivity contribution in [2.75, 3.05) is 44.7 Å². The molecule has 2 aliphatic rings. The Labute approximate surface area is 170 Å². The molecule has 1 aromatic heterocycles. The lowest BCUT2D eigenvalue weighted by Gasteiger charge is -2.35. The maximum atomic E-state index is 13.0. The number of ether oxygens (including phenoxy) is 1. The van der Waals surface area contributed by atoms with Crippen molar-refractivity contribution >= 4 is 17.5 Å². The van der Waals surface area contributed by atoms with Gasteiger partial charge in [-0.25, -0.2) is 0 Å². The second-order valence-corrected chi connectivity index (χ2v) is 7.53. The van der Waals surface area contributed by atoms with Gasteiger partial charge in [-0.3, -0.25) is 19.5 Å². The third-order valence-electron chi connectivity index (χ3n) is 5.69. The third-order valence-corrected chi connectivity index (χ3v) is 5.69. The summed E-state index contributed by atoms with van der Waals surface area (Å²) >= 11 is 0. The Balaban J connectivity index is 1.34. The highest BCUT2D eigenvalue weighted by atomic mass is 16.5. The smallest absolute Gasteiger partial charge is 0.228 e. The Hall–Kier alpha value is -2.93. The number of amides is 2. The number of hydrogen-bond donors (Lipinski definition) is 0. The molecular weight excluding hydrogens is 368 g/mol. The van der Waals surface area contributed by atoms with Gasteiger partial charge in [0.2, 0.25) is 11.8 Å². The van der Waals surface area contributed by atoms with Crippen molar-refractivity contribution in [1.29, 1.82) is 0 Å². The number of benzene rings is 1. The average molecular weight is 394 g/mol. The van der Waals surface area contributed by atoms with Crippen LogP contribution in [0.5, 0.6) is 5.75 Å². The van der Waals surface area contributed by atoms with Gasteiger partial charge in [0.15, 0.2) is 0 Å². The fraction of sp³-hybridized carbons (Fsp3) is 0.409. The molecule has 0 bridgehead atoms. The van der Waals surface area contributed by atoms with Crippen LogP contribution in [0.25, 0.3) is 0 Å². The fourth-order valence-corrected chi connectivity index (χ4v) is 4.09. The average Bonchev–Trinajstić information content (AvgIpc) is 3.16. The molecule has 7 nitrogen and oxygen atoms in total. The molecule has 1 unspecified atom stereocenters. The van der Waals surface area contributed by atoms with Crippen molar-refractivity contribution in [3.8, 4) is 5.75 Å². The van der Waals surface area contributed by atoms with Crippen molar-refractivity contribution in [2.45, 2.75) is 13.0 Å². The molecule has 2 aromatic rings. The molecule has 2 amide bonds. The van der Waals surface area contributed by atoms with Crippen molar-refractivity contribution in [2.24, 2.45) is 5.92 Å². The van der Waals surface area contributed by atoms with Crippen LogP contribution in [-0.4, -0.2) is 66.4 Å². The topological polar surface area (TPSA) is 66.0 Å². The molecule has 0 spiro atoms. The molecule has 152 valence electrons. The number of pyridine rings is 1. The van der Waals surface area contributed by atoms with E-state index in [-0.39, 0.29) is 24.2 Å². The lowest BCUT2D eigenvalue weighted by atomic mass is 10.1. The van der Waals surface area contributed by atoms with E-state index in [1.54, 1.807) is 24.4 Å². The minimum atomic E-state index is -0.292. The maximum absolute atomic E-state index is 13.0.